The van der Waals surface area contributed by atoms with Crippen LogP contribution in [0.3, 0.4) is 0 Å². The van der Waals surface area contributed by atoms with Crippen molar-refractivity contribution in [3.8, 4) is 0 Å². The summed E-state index contributed by atoms with van der Waals surface area (Å²) < 4.78 is 21.4. The Morgan fingerprint density at radius 3 is 2.45 bits per heavy atom. The molecule has 0 aromatic heterocycles. The number of hydrogen-bond donors (Lipinski definition) is 0. The fourth-order valence-corrected chi connectivity index (χ4v) is 1.75. The molecule has 0 aromatic carbocycles. The minimum atomic E-state index is -2.79. The summed E-state index contributed by atoms with van der Waals surface area (Å²) in [6.45, 7) is 7.73. The van der Waals surface area contributed by atoms with Gasteiger partial charge in [-0.3, -0.25) is 4.57 Å². The normalized spacial score (nSPS) is 15.8. The summed E-state index contributed by atoms with van der Waals surface area (Å²) in [4.78, 5) is 0. The maximum atomic E-state index is 11.4. The third kappa shape index (κ3) is 4.35. The van der Waals surface area contributed by atoms with E-state index in [2.05, 4.69) is 6.58 Å². The Balaban J connectivity index is 3.88. The second kappa shape index (κ2) is 5.53. The Labute approximate surface area is 67.9 Å². The van der Waals surface area contributed by atoms with Crippen molar-refractivity contribution in [2.24, 2.45) is 0 Å². The van der Waals surface area contributed by atoms with Crippen molar-refractivity contribution in [1.29, 1.82) is 0 Å². The lowest BCUT2D eigenvalue weighted by atomic mass is 10.7. The zero-order valence-electron chi connectivity index (χ0n) is 7.08. The van der Waals surface area contributed by atoms with Crippen LogP contribution in [0.4, 0.5) is 0 Å². The summed E-state index contributed by atoms with van der Waals surface area (Å²) >= 11 is 0. The van der Waals surface area contributed by atoms with Crippen LogP contribution >= 0.6 is 7.60 Å². The molecule has 0 radical (unpaired) electrons. The van der Waals surface area contributed by atoms with Crippen LogP contribution in [0, 0.1) is 0 Å². The van der Waals surface area contributed by atoms with E-state index in [0.717, 1.165) is 0 Å². The van der Waals surface area contributed by atoms with Gasteiger partial charge in [0.1, 0.15) is 0 Å². The molecule has 0 aliphatic rings. The van der Waals surface area contributed by atoms with Gasteiger partial charge < -0.3 is 9.05 Å². The smallest absolute Gasteiger partial charge is 0.309 e. The van der Waals surface area contributed by atoms with Crippen molar-refractivity contribution >= 4 is 7.60 Å². The van der Waals surface area contributed by atoms with Gasteiger partial charge in [-0.25, -0.2) is 0 Å². The van der Waals surface area contributed by atoms with Crippen molar-refractivity contribution in [3.63, 3.8) is 0 Å². The molecule has 0 fully saturated rings. The highest BCUT2D eigenvalue weighted by Gasteiger charge is 2.19. The molecule has 0 N–H and O–H groups in total. The molecule has 4 heteroatoms. The third-order valence-corrected chi connectivity index (χ3v) is 3.07. The van der Waals surface area contributed by atoms with E-state index < -0.39 is 7.60 Å². The monoisotopic (exact) mass is 178 g/mol. The Bertz CT molecular complexity index is 156. The van der Waals surface area contributed by atoms with E-state index in [4.69, 9.17) is 9.05 Å². The third-order valence-electron chi connectivity index (χ3n) is 1.10. The predicted octanol–water partition coefficient (Wildman–Crippen LogP) is 2.44. The molecule has 3 nitrogen and oxygen atoms in total. The molecule has 66 valence electrons. The second-order valence-corrected chi connectivity index (χ2v) is 4.30. The van der Waals surface area contributed by atoms with E-state index in [1.165, 1.54) is 0 Å². The first-order valence-corrected chi connectivity index (χ1v) is 5.40. The van der Waals surface area contributed by atoms with E-state index in [0.29, 0.717) is 12.8 Å². The first-order chi connectivity index (χ1) is 5.18. The van der Waals surface area contributed by atoms with Gasteiger partial charge in [-0.15, -0.1) is 6.58 Å². The largest absolute Gasteiger partial charge is 0.330 e. The van der Waals surface area contributed by atoms with Crippen molar-refractivity contribution in [2.45, 2.75) is 13.8 Å². The quantitative estimate of drug-likeness (QED) is 0.463. The highest BCUT2D eigenvalue weighted by molar-refractivity contribution is 7.53. The Hall–Kier alpha value is -0.110. The zero-order chi connectivity index (χ0) is 8.74. The topological polar surface area (TPSA) is 35.5 Å². The van der Waals surface area contributed by atoms with Crippen LogP contribution in [0.15, 0.2) is 12.7 Å². The van der Waals surface area contributed by atoms with Gasteiger partial charge in [-0.05, 0) is 6.92 Å². The minimum Gasteiger partial charge on any atom is -0.309 e. The molecule has 0 saturated carbocycles. The maximum Gasteiger partial charge on any atom is 0.330 e. The lowest BCUT2D eigenvalue weighted by molar-refractivity contribution is 0.229. The van der Waals surface area contributed by atoms with Crippen LogP contribution in [-0.4, -0.2) is 19.4 Å². The van der Waals surface area contributed by atoms with Crippen LogP contribution in [0.5, 0.6) is 0 Å². The Morgan fingerprint density at radius 1 is 1.45 bits per heavy atom. The Morgan fingerprint density at radius 2 is 2.09 bits per heavy atom. The van der Waals surface area contributed by atoms with Gasteiger partial charge in [0.2, 0.25) is 0 Å². The molecule has 0 bridgehead atoms. The van der Waals surface area contributed by atoms with Gasteiger partial charge in [0, 0.05) is 6.16 Å². The molecular weight excluding hydrogens is 163 g/mol. The van der Waals surface area contributed by atoms with E-state index in [9.17, 15) is 4.57 Å². The molecule has 11 heavy (non-hydrogen) atoms. The lowest BCUT2D eigenvalue weighted by Crippen LogP contribution is -1.97. The van der Waals surface area contributed by atoms with Crippen molar-refractivity contribution in [1.82, 2.24) is 0 Å². The van der Waals surface area contributed by atoms with Crippen LogP contribution in [0.2, 0.25) is 0 Å². The van der Waals surface area contributed by atoms with Crippen molar-refractivity contribution in [2.75, 3.05) is 19.4 Å². The molecule has 0 amide bonds. The first-order valence-electron chi connectivity index (χ1n) is 3.67. The lowest BCUT2D eigenvalue weighted by Gasteiger charge is -2.14. The summed E-state index contributed by atoms with van der Waals surface area (Å²) in [6, 6.07) is 0. The molecule has 0 saturated heterocycles. The maximum absolute atomic E-state index is 11.4. The van der Waals surface area contributed by atoms with Crippen LogP contribution in [0.25, 0.3) is 0 Å². The summed E-state index contributed by atoms with van der Waals surface area (Å²) in [5, 5.41) is 0. The van der Waals surface area contributed by atoms with Gasteiger partial charge in [-0.2, -0.15) is 0 Å². The summed E-state index contributed by atoms with van der Waals surface area (Å²) in [7, 11) is -2.79. The van der Waals surface area contributed by atoms with E-state index >= 15 is 0 Å². The molecule has 0 rings (SSSR count). The average Bonchev–Trinajstić information content (AvgIpc) is 2.02. The van der Waals surface area contributed by atoms with Crippen LogP contribution in [-0.2, 0) is 13.6 Å². The average molecular weight is 178 g/mol. The molecule has 0 aliphatic heterocycles. The van der Waals surface area contributed by atoms with Gasteiger partial charge in [-0.1, -0.05) is 13.0 Å². The predicted molar refractivity (Wildman–Crippen MR) is 45.9 cm³/mol. The fraction of sp³-hybridized carbons (Fsp3) is 0.714. The van der Waals surface area contributed by atoms with Crippen molar-refractivity contribution < 1.29 is 13.6 Å². The zero-order valence-corrected chi connectivity index (χ0v) is 7.97. The molecule has 0 heterocycles. The van der Waals surface area contributed by atoms with Crippen LogP contribution < -0.4 is 0 Å². The van der Waals surface area contributed by atoms with Crippen molar-refractivity contribution in [3.05, 3.63) is 12.7 Å². The summed E-state index contributed by atoms with van der Waals surface area (Å²) in [5.41, 5.74) is 0. The molecule has 1 unspecified atom stereocenters. The van der Waals surface area contributed by atoms with Crippen LogP contribution in [0.1, 0.15) is 13.8 Å². The molecule has 0 spiro atoms. The number of hydrogen-bond acceptors (Lipinski definition) is 3. The summed E-state index contributed by atoms with van der Waals surface area (Å²) in [6.07, 6.45) is 1.97. The van der Waals surface area contributed by atoms with E-state index in [1.54, 1.807) is 19.9 Å². The van der Waals surface area contributed by atoms with E-state index in [1.807, 2.05) is 0 Å². The Kier molecular flexibility index (Phi) is 5.47. The second-order valence-electron chi connectivity index (χ2n) is 1.93. The van der Waals surface area contributed by atoms with Gasteiger partial charge in [0.25, 0.3) is 0 Å². The molecule has 0 aliphatic carbocycles. The molecular formula is C7H15O3P. The highest BCUT2D eigenvalue weighted by Crippen LogP contribution is 2.47. The standard InChI is InChI=1S/C7H15O3P/c1-4-7-10-11(8,6-3)9-5-2/h4H,1,5-7H2,2-3H3. The van der Waals surface area contributed by atoms with Gasteiger partial charge >= 0.3 is 7.60 Å². The number of rotatable bonds is 6. The highest BCUT2D eigenvalue weighted by atomic mass is 31.2. The van der Waals surface area contributed by atoms with Gasteiger partial charge in [0.05, 0.1) is 13.2 Å². The summed E-state index contributed by atoms with van der Waals surface area (Å²) in [5.74, 6) is 0. The minimum absolute atomic E-state index is 0.283. The molecule has 0 aromatic rings. The SMILES string of the molecule is C=CCOP(=O)(CC)OCC. The van der Waals surface area contributed by atoms with E-state index in [-0.39, 0.29) is 6.61 Å². The van der Waals surface area contributed by atoms with Gasteiger partial charge in [0.15, 0.2) is 0 Å². The fourth-order valence-electron chi connectivity index (χ4n) is 0.583. The first kappa shape index (κ1) is 10.9. The molecule has 1 atom stereocenters.